The number of carbonyl (C=O) groups is 1. The molecule has 0 N–H and O–H groups in total. The first-order chi connectivity index (χ1) is 7.91. The predicted molar refractivity (Wildman–Crippen MR) is 64.0 cm³/mol. The first kappa shape index (κ1) is 12.8. The second kappa shape index (κ2) is 4.53. The number of hydrogen-bond donors (Lipinski definition) is 0. The van der Waals surface area contributed by atoms with Gasteiger partial charge in [-0.05, 0) is 31.8 Å². The van der Waals surface area contributed by atoms with Gasteiger partial charge in [0, 0.05) is 11.8 Å². The standard InChI is InChI=1S/C12H18O4S/c1-17(14,15)16-9-12-6-3-2-4-10(12)8-11(13)5-7-12/h8H,2-7,9H2,1H3. The van der Waals surface area contributed by atoms with Crippen LogP contribution in [0.2, 0.25) is 0 Å². The van der Waals surface area contributed by atoms with E-state index in [4.69, 9.17) is 4.18 Å². The van der Waals surface area contributed by atoms with E-state index in [1.54, 1.807) is 6.08 Å². The molecule has 5 heteroatoms. The summed E-state index contributed by atoms with van der Waals surface area (Å²) in [6, 6.07) is 0. The van der Waals surface area contributed by atoms with Crippen LogP contribution in [0.25, 0.3) is 0 Å². The first-order valence-electron chi connectivity index (χ1n) is 6.00. The van der Waals surface area contributed by atoms with Gasteiger partial charge in [-0.25, -0.2) is 0 Å². The average Bonchev–Trinajstić information content (AvgIpc) is 2.26. The first-order valence-corrected chi connectivity index (χ1v) is 7.81. The van der Waals surface area contributed by atoms with Crippen molar-refractivity contribution in [3.8, 4) is 0 Å². The molecule has 0 aliphatic heterocycles. The molecule has 96 valence electrons. The molecule has 0 radical (unpaired) electrons. The summed E-state index contributed by atoms with van der Waals surface area (Å²) < 4.78 is 27.2. The molecule has 0 saturated heterocycles. The molecule has 2 aliphatic rings. The zero-order valence-electron chi connectivity index (χ0n) is 10.1. The number of allylic oxidation sites excluding steroid dienone is 1. The van der Waals surface area contributed by atoms with Crippen molar-refractivity contribution in [2.24, 2.45) is 5.41 Å². The Bertz CT molecular complexity index is 449. The second-order valence-corrected chi connectivity index (χ2v) is 6.73. The summed E-state index contributed by atoms with van der Waals surface area (Å²) >= 11 is 0. The molecule has 0 spiro atoms. The van der Waals surface area contributed by atoms with Crippen LogP contribution in [-0.4, -0.2) is 27.1 Å². The highest BCUT2D eigenvalue weighted by atomic mass is 32.2. The number of hydrogen-bond acceptors (Lipinski definition) is 4. The van der Waals surface area contributed by atoms with Gasteiger partial charge in [0.15, 0.2) is 5.78 Å². The van der Waals surface area contributed by atoms with E-state index < -0.39 is 10.1 Å². The lowest BCUT2D eigenvalue weighted by Gasteiger charge is -2.41. The topological polar surface area (TPSA) is 60.4 Å². The Morgan fingerprint density at radius 1 is 1.29 bits per heavy atom. The van der Waals surface area contributed by atoms with Crippen molar-refractivity contribution in [2.75, 3.05) is 12.9 Å². The van der Waals surface area contributed by atoms with Crippen molar-refractivity contribution in [1.29, 1.82) is 0 Å². The average molecular weight is 258 g/mol. The summed E-state index contributed by atoms with van der Waals surface area (Å²) in [5.41, 5.74) is 0.901. The fraction of sp³-hybridized carbons (Fsp3) is 0.750. The molecule has 0 aromatic carbocycles. The molecule has 0 aromatic rings. The molecule has 2 rings (SSSR count). The molecule has 1 atom stereocenters. The Kier molecular flexibility index (Phi) is 3.41. The lowest BCUT2D eigenvalue weighted by Crippen LogP contribution is -2.36. The van der Waals surface area contributed by atoms with Gasteiger partial charge < -0.3 is 0 Å². The summed E-state index contributed by atoms with van der Waals surface area (Å²) in [5, 5.41) is 0. The minimum absolute atomic E-state index is 0.164. The molecule has 1 saturated carbocycles. The van der Waals surface area contributed by atoms with Gasteiger partial charge in [-0.1, -0.05) is 12.0 Å². The van der Waals surface area contributed by atoms with E-state index in [1.807, 2.05) is 0 Å². The van der Waals surface area contributed by atoms with E-state index in [2.05, 4.69) is 0 Å². The molecule has 0 amide bonds. The fourth-order valence-electron chi connectivity index (χ4n) is 2.80. The molecule has 0 heterocycles. The van der Waals surface area contributed by atoms with Crippen LogP contribution in [0.1, 0.15) is 38.5 Å². The minimum atomic E-state index is -3.40. The smallest absolute Gasteiger partial charge is 0.264 e. The molecular weight excluding hydrogens is 240 g/mol. The van der Waals surface area contributed by atoms with Gasteiger partial charge in [-0.15, -0.1) is 0 Å². The molecule has 17 heavy (non-hydrogen) atoms. The number of ketones is 1. The van der Waals surface area contributed by atoms with Crippen LogP contribution in [0.4, 0.5) is 0 Å². The Hall–Kier alpha value is -0.680. The fourth-order valence-corrected chi connectivity index (χ4v) is 3.24. The van der Waals surface area contributed by atoms with E-state index in [0.717, 1.165) is 43.9 Å². The summed E-state index contributed by atoms with van der Waals surface area (Å²) in [6.45, 7) is 0.199. The maximum atomic E-state index is 11.4. The van der Waals surface area contributed by atoms with Crippen molar-refractivity contribution in [3.05, 3.63) is 11.6 Å². The Balaban J connectivity index is 2.20. The summed E-state index contributed by atoms with van der Waals surface area (Å²) in [4.78, 5) is 11.4. The van der Waals surface area contributed by atoms with Crippen LogP contribution in [-0.2, 0) is 19.1 Å². The van der Waals surface area contributed by atoms with Crippen molar-refractivity contribution < 1.29 is 17.4 Å². The number of carbonyl (C=O) groups excluding carboxylic acids is 1. The normalized spacial score (nSPS) is 29.7. The second-order valence-electron chi connectivity index (χ2n) is 5.09. The van der Waals surface area contributed by atoms with E-state index in [9.17, 15) is 13.2 Å². The monoisotopic (exact) mass is 258 g/mol. The zero-order chi connectivity index (χ0) is 12.5. The van der Waals surface area contributed by atoms with Crippen LogP contribution in [0.15, 0.2) is 11.6 Å². The molecular formula is C12H18O4S. The highest BCUT2D eigenvalue weighted by Crippen LogP contribution is 2.47. The zero-order valence-corrected chi connectivity index (χ0v) is 10.9. The van der Waals surface area contributed by atoms with E-state index in [1.165, 1.54) is 0 Å². The Morgan fingerprint density at radius 3 is 2.76 bits per heavy atom. The quantitative estimate of drug-likeness (QED) is 0.724. The van der Waals surface area contributed by atoms with Gasteiger partial charge in [-0.2, -0.15) is 8.42 Å². The van der Waals surface area contributed by atoms with Gasteiger partial charge in [0.25, 0.3) is 10.1 Å². The molecule has 1 fully saturated rings. The van der Waals surface area contributed by atoms with Gasteiger partial charge in [0.05, 0.1) is 12.9 Å². The molecule has 1 unspecified atom stereocenters. The Morgan fingerprint density at radius 2 is 2.06 bits per heavy atom. The van der Waals surface area contributed by atoms with Crippen LogP contribution < -0.4 is 0 Å². The van der Waals surface area contributed by atoms with Gasteiger partial charge in [0.1, 0.15) is 0 Å². The highest BCUT2D eigenvalue weighted by Gasteiger charge is 2.40. The van der Waals surface area contributed by atoms with Crippen LogP contribution in [0.5, 0.6) is 0 Å². The van der Waals surface area contributed by atoms with Gasteiger partial charge in [0.2, 0.25) is 0 Å². The van der Waals surface area contributed by atoms with Crippen LogP contribution in [0.3, 0.4) is 0 Å². The third kappa shape index (κ3) is 2.96. The largest absolute Gasteiger partial charge is 0.295 e. The molecule has 0 aromatic heterocycles. The lowest BCUT2D eigenvalue weighted by molar-refractivity contribution is -0.116. The minimum Gasteiger partial charge on any atom is -0.295 e. The molecule has 2 aliphatic carbocycles. The lowest BCUT2D eigenvalue weighted by atomic mass is 9.65. The van der Waals surface area contributed by atoms with Crippen molar-refractivity contribution in [1.82, 2.24) is 0 Å². The van der Waals surface area contributed by atoms with Gasteiger partial charge in [-0.3, -0.25) is 8.98 Å². The summed E-state index contributed by atoms with van der Waals surface area (Å²) in [5.74, 6) is 0.164. The van der Waals surface area contributed by atoms with Crippen molar-refractivity contribution in [2.45, 2.75) is 38.5 Å². The van der Waals surface area contributed by atoms with E-state index >= 15 is 0 Å². The predicted octanol–water partition coefficient (Wildman–Crippen LogP) is 1.81. The molecule has 0 bridgehead atoms. The van der Waals surface area contributed by atoms with Crippen molar-refractivity contribution >= 4 is 15.9 Å². The van der Waals surface area contributed by atoms with Crippen LogP contribution >= 0.6 is 0 Å². The van der Waals surface area contributed by atoms with Crippen molar-refractivity contribution in [3.63, 3.8) is 0 Å². The van der Waals surface area contributed by atoms with E-state index in [0.29, 0.717) is 6.42 Å². The third-order valence-corrected chi connectivity index (χ3v) is 4.31. The van der Waals surface area contributed by atoms with Crippen LogP contribution in [0, 0.1) is 5.41 Å². The maximum Gasteiger partial charge on any atom is 0.264 e. The summed E-state index contributed by atoms with van der Waals surface area (Å²) in [7, 11) is -3.40. The highest BCUT2D eigenvalue weighted by molar-refractivity contribution is 7.85. The van der Waals surface area contributed by atoms with E-state index in [-0.39, 0.29) is 17.8 Å². The maximum absolute atomic E-state index is 11.4. The third-order valence-electron chi connectivity index (χ3n) is 3.77. The molecule has 4 nitrogen and oxygen atoms in total. The van der Waals surface area contributed by atoms with Gasteiger partial charge >= 0.3 is 0 Å². The Labute approximate surface area is 102 Å². The summed E-state index contributed by atoms with van der Waals surface area (Å²) in [6.07, 6.45) is 8.03. The number of fused-ring (bicyclic) bond motifs is 1. The number of rotatable bonds is 3. The SMILES string of the molecule is CS(=O)(=O)OCC12CCCCC1=CC(=O)CC2.